The molecule has 0 unspecified atom stereocenters. The molecule has 0 aliphatic carbocycles. The molecule has 1 aromatic heterocycles. The number of aromatic nitrogens is 2. The molecule has 24 heavy (non-hydrogen) atoms. The van der Waals surface area contributed by atoms with E-state index in [0.29, 0.717) is 40.9 Å². The number of hydrogen-bond acceptors (Lipinski definition) is 5. The van der Waals surface area contributed by atoms with Crippen LogP contribution in [0.3, 0.4) is 0 Å². The molecule has 122 valence electrons. The van der Waals surface area contributed by atoms with Crippen molar-refractivity contribution in [1.82, 2.24) is 9.55 Å². The largest absolute Gasteiger partial charge is 0.486 e. The smallest absolute Gasteiger partial charge is 0.267 e. The molecule has 0 bridgehead atoms. The number of carbonyl (C=O) groups is 1. The first kappa shape index (κ1) is 15.0. The fourth-order valence-corrected chi connectivity index (χ4v) is 3.23. The maximum Gasteiger partial charge on any atom is 0.267 e. The highest BCUT2D eigenvalue weighted by atomic mass is 32.2. The van der Waals surface area contributed by atoms with E-state index >= 15 is 0 Å². The van der Waals surface area contributed by atoms with Gasteiger partial charge in [-0.3, -0.25) is 9.36 Å². The van der Waals surface area contributed by atoms with Crippen molar-refractivity contribution < 1.29 is 18.7 Å². The number of nitrogens with zero attached hydrogens (tertiary/aromatic N) is 2. The van der Waals surface area contributed by atoms with Gasteiger partial charge in [-0.2, -0.15) is 0 Å². The first-order valence-corrected chi connectivity index (χ1v) is 8.57. The topological polar surface area (TPSA) is 53.4 Å². The van der Waals surface area contributed by atoms with Crippen LogP contribution in [0.4, 0.5) is 4.39 Å². The Bertz CT molecular complexity index is 954. The minimum atomic E-state index is -0.561. The lowest BCUT2D eigenvalue weighted by Gasteiger charge is -2.18. The fourth-order valence-electron chi connectivity index (χ4n) is 2.68. The second-order valence-corrected chi connectivity index (χ2v) is 5.98. The summed E-state index contributed by atoms with van der Waals surface area (Å²) in [5, 5.41) is 0.487. The van der Waals surface area contributed by atoms with E-state index in [-0.39, 0.29) is 5.56 Å². The van der Waals surface area contributed by atoms with E-state index in [1.54, 1.807) is 24.3 Å². The summed E-state index contributed by atoms with van der Waals surface area (Å²) >= 11 is 1.32. The summed E-state index contributed by atoms with van der Waals surface area (Å²) in [5.74, 6) is 0.138. The van der Waals surface area contributed by atoms with Crippen molar-refractivity contribution in [2.24, 2.45) is 0 Å². The summed E-state index contributed by atoms with van der Waals surface area (Å²) in [6, 6.07) is 9.38. The zero-order chi connectivity index (χ0) is 16.7. The molecule has 0 saturated carbocycles. The normalized spacial score (nSPS) is 13.2. The highest BCUT2D eigenvalue weighted by Gasteiger charge is 2.23. The molecule has 3 aromatic rings. The van der Waals surface area contributed by atoms with Crippen LogP contribution in [-0.2, 0) is 0 Å². The van der Waals surface area contributed by atoms with Gasteiger partial charge in [0.1, 0.15) is 19.0 Å². The standard InChI is InChI=1S/C17H13FN2O3S/c1-24-17-19-12-8-14-15(23-7-6-22-14)9-13(12)20(17)16(21)10-4-2-3-5-11(10)18/h2-5,8-9H,6-7H2,1H3. The van der Waals surface area contributed by atoms with Gasteiger partial charge in [-0.15, -0.1) is 0 Å². The number of hydrogen-bond donors (Lipinski definition) is 0. The Morgan fingerprint density at radius 2 is 1.92 bits per heavy atom. The van der Waals surface area contributed by atoms with Crippen LogP contribution in [0.5, 0.6) is 11.5 Å². The van der Waals surface area contributed by atoms with E-state index in [1.165, 1.54) is 28.5 Å². The molecule has 5 nitrogen and oxygen atoms in total. The van der Waals surface area contributed by atoms with E-state index < -0.39 is 11.7 Å². The average molecular weight is 344 g/mol. The van der Waals surface area contributed by atoms with E-state index in [1.807, 2.05) is 6.26 Å². The lowest BCUT2D eigenvalue weighted by atomic mass is 10.2. The van der Waals surface area contributed by atoms with Crippen LogP contribution in [0, 0.1) is 5.82 Å². The number of fused-ring (bicyclic) bond motifs is 2. The highest BCUT2D eigenvalue weighted by Crippen LogP contribution is 2.36. The molecule has 0 radical (unpaired) electrons. The second-order valence-electron chi connectivity index (χ2n) is 5.20. The first-order chi connectivity index (χ1) is 11.7. The number of thioether (sulfide) groups is 1. The quantitative estimate of drug-likeness (QED) is 0.667. The number of rotatable bonds is 2. The van der Waals surface area contributed by atoms with E-state index in [0.717, 1.165) is 0 Å². The van der Waals surface area contributed by atoms with Gasteiger partial charge in [0.15, 0.2) is 16.7 Å². The van der Waals surface area contributed by atoms with Gasteiger partial charge >= 0.3 is 0 Å². The van der Waals surface area contributed by atoms with Crippen LogP contribution in [-0.4, -0.2) is 34.9 Å². The van der Waals surface area contributed by atoms with Crippen molar-refractivity contribution in [3.8, 4) is 11.5 Å². The molecule has 7 heteroatoms. The van der Waals surface area contributed by atoms with Crippen molar-refractivity contribution in [3.05, 3.63) is 47.8 Å². The Hall–Kier alpha value is -2.54. The summed E-state index contributed by atoms with van der Waals surface area (Å²) in [6.07, 6.45) is 1.82. The molecule has 0 atom stereocenters. The zero-order valence-electron chi connectivity index (χ0n) is 12.8. The second kappa shape index (κ2) is 5.83. The lowest BCUT2D eigenvalue weighted by Crippen LogP contribution is -2.16. The van der Waals surface area contributed by atoms with Crippen LogP contribution in [0.25, 0.3) is 11.0 Å². The maximum atomic E-state index is 14.0. The van der Waals surface area contributed by atoms with Crippen molar-refractivity contribution in [3.63, 3.8) is 0 Å². The van der Waals surface area contributed by atoms with Gasteiger partial charge in [-0.25, -0.2) is 9.37 Å². The molecule has 1 aliphatic rings. The number of imidazole rings is 1. The lowest BCUT2D eigenvalue weighted by molar-refractivity contribution is 0.0951. The summed E-state index contributed by atoms with van der Waals surface area (Å²) in [6.45, 7) is 0.923. The summed E-state index contributed by atoms with van der Waals surface area (Å²) < 4.78 is 26.6. The maximum absolute atomic E-state index is 14.0. The molecule has 2 heterocycles. The number of ether oxygens (including phenoxy) is 2. The fraction of sp³-hybridized carbons (Fsp3) is 0.176. The molecule has 0 amide bonds. The molecule has 1 aliphatic heterocycles. The van der Waals surface area contributed by atoms with E-state index in [4.69, 9.17) is 9.47 Å². The van der Waals surface area contributed by atoms with Gasteiger partial charge in [0.2, 0.25) is 0 Å². The molecule has 0 saturated heterocycles. The van der Waals surface area contributed by atoms with Crippen LogP contribution in [0.15, 0.2) is 41.6 Å². The van der Waals surface area contributed by atoms with Crippen LogP contribution in [0.1, 0.15) is 10.4 Å². The third-order valence-corrected chi connectivity index (χ3v) is 4.42. The number of benzene rings is 2. The average Bonchev–Trinajstić information content (AvgIpc) is 2.97. The van der Waals surface area contributed by atoms with Crippen molar-refractivity contribution in [1.29, 1.82) is 0 Å². The Labute approximate surface area is 141 Å². The number of carbonyl (C=O) groups excluding carboxylic acids is 1. The molecule has 0 N–H and O–H groups in total. The summed E-state index contributed by atoms with van der Waals surface area (Å²) in [7, 11) is 0. The molecule has 0 spiro atoms. The molecule has 0 fully saturated rings. The van der Waals surface area contributed by atoms with Gasteiger partial charge < -0.3 is 9.47 Å². The van der Waals surface area contributed by atoms with E-state index in [2.05, 4.69) is 4.98 Å². The Kier molecular flexibility index (Phi) is 3.65. The SMILES string of the molecule is CSc1nc2cc3c(cc2n1C(=O)c1ccccc1F)OCCO3. The van der Waals surface area contributed by atoms with Crippen molar-refractivity contribution >= 4 is 28.7 Å². The van der Waals surface area contributed by atoms with Gasteiger partial charge in [0, 0.05) is 12.1 Å². The minimum absolute atomic E-state index is 0.00184. The molecule has 2 aromatic carbocycles. The van der Waals surface area contributed by atoms with Crippen molar-refractivity contribution in [2.45, 2.75) is 5.16 Å². The Morgan fingerprint density at radius 1 is 1.21 bits per heavy atom. The first-order valence-electron chi connectivity index (χ1n) is 7.34. The van der Waals surface area contributed by atoms with Gasteiger partial charge in [-0.1, -0.05) is 23.9 Å². The minimum Gasteiger partial charge on any atom is -0.486 e. The third kappa shape index (κ3) is 2.32. The Morgan fingerprint density at radius 3 is 2.62 bits per heavy atom. The van der Waals surface area contributed by atoms with Gasteiger partial charge in [0.05, 0.1) is 16.6 Å². The van der Waals surface area contributed by atoms with Crippen LogP contribution >= 0.6 is 11.8 Å². The van der Waals surface area contributed by atoms with Crippen LogP contribution in [0.2, 0.25) is 0 Å². The highest BCUT2D eigenvalue weighted by molar-refractivity contribution is 7.98. The predicted molar refractivity (Wildman–Crippen MR) is 88.6 cm³/mol. The van der Waals surface area contributed by atoms with E-state index in [9.17, 15) is 9.18 Å². The monoisotopic (exact) mass is 344 g/mol. The van der Waals surface area contributed by atoms with Gasteiger partial charge in [0.25, 0.3) is 5.91 Å². The number of halogens is 1. The molecular formula is C17H13FN2O3S. The van der Waals surface area contributed by atoms with Crippen LogP contribution < -0.4 is 9.47 Å². The zero-order valence-corrected chi connectivity index (χ0v) is 13.6. The summed E-state index contributed by atoms with van der Waals surface area (Å²) in [4.78, 5) is 17.4. The summed E-state index contributed by atoms with van der Waals surface area (Å²) in [5.41, 5.74) is 1.17. The predicted octanol–water partition coefficient (Wildman–Crippen LogP) is 3.36. The Balaban J connectivity index is 1.93. The molecular weight excluding hydrogens is 331 g/mol. The third-order valence-electron chi connectivity index (χ3n) is 3.78. The molecule has 4 rings (SSSR count). The van der Waals surface area contributed by atoms with Crippen molar-refractivity contribution in [2.75, 3.05) is 19.5 Å². The van der Waals surface area contributed by atoms with Gasteiger partial charge in [-0.05, 0) is 18.4 Å².